The minimum absolute atomic E-state index is 0. The first-order valence-electron chi connectivity index (χ1n) is 19.4. The minimum atomic E-state index is -1.34. The van der Waals surface area contributed by atoms with Crippen LogP contribution in [0.25, 0.3) is 72.6 Å². The monoisotopic (exact) mass is 939 g/mol. The summed E-state index contributed by atoms with van der Waals surface area (Å²) < 4.78 is 8.56. The van der Waals surface area contributed by atoms with Crippen molar-refractivity contribution in [3.63, 3.8) is 0 Å². The number of rotatable bonds is 7. The van der Waals surface area contributed by atoms with Crippen LogP contribution in [0.2, 0.25) is 19.6 Å². The first-order chi connectivity index (χ1) is 27.0. The van der Waals surface area contributed by atoms with Gasteiger partial charge in [-0.15, -0.1) is 53.6 Å². The van der Waals surface area contributed by atoms with Gasteiger partial charge in [-0.25, -0.2) is 4.98 Å². The molecule has 4 heterocycles. The maximum absolute atomic E-state index is 6.37. The van der Waals surface area contributed by atoms with Gasteiger partial charge in [-0.3, -0.25) is 4.98 Å². The number of hydrogen-bond donors (Lipinski definition) is 0. The van der Waals surface area contributed by atoms with E-state index < -0.39 is 8.07 Å². The molecule has 0 fully saturated rings. The Kier molecular flexibility index (Phi) is 11.6. The number of furan rings is 1. The van der Waals surface area contributed by atoms with Crippen LogP contribution >= 0.6 is 0 Å². The van der Waals surface area contributed by atoms with Crippen LogP contribution in [0.1, 0.15) is 30.7 Å². The van der Waals surface area contributed by atoms with Crippen molar-refractivity contribution < 1.29 is 24.5 Å². The van der Waals surface area contributed by atoms with E-state index in [1.54, 1.807) is 0 Å². The van der Waals surface area contributed by atoms with Gasteiger partial charge in [0.05, 0.1) is 30.5 Å². The molecule has 5 nitrogen and oxygen atoms in total. The van der Waals surface area contributed by atoms with Crippen LogP contribution in [-0.4, -0.2) is 27.6 Å². The molecule has 4 aromatic heterocycles. The van der Waals surface area contributed by atoms with Gasteiger partial charge in [0.1, 0.15) is 0 Å². The fourth-order valence-corrected chi connectivity index (χ4v) is 9.08. The summed E-state index contributed by atoms with van der Waals surface area (Å²) in [5.74, 6) is 1.46. The molecule has 0 aliphatic heterocycles. The molecule has 0 atom stereocenters. The quantitative estimate of drug-likeness (QED) is 0.118. The normalized spacial score (nSPS) is 11.5. The number of nitrogens with zero attached hydrogens (tertiary/aromatic N) is 4. The number of pyridine rings is 2. The van der Waals surface area contributed by atoms with Gasteiger partial charge in [-0.05, 0) is 77.7 Å². The standard InChI is InChI=1S/C32H22N3O.C18H24NSi.Ir/c1-20-12-18-26(30-29(20)25-19-13-21(2)33-32(25)36-30)31-34-27-10-6-7-11-28(27)35(31)24-16-14-23(15-17-24)22-8-4-3-5-9-22;1-14(2)11-16-12-17(15-9-7-6-8-10-15)19-13-18(16)20(3,4)5;/h3-17,19H,1-2H3;6-9,12-14H,11H2,1-5H3;/q2*-1;. The molecule has 7 heteroatoms. The molecule has 0 saturated heterocycles. The summed E-state index contributed by atoms with van der Waals surface area (Å²) >= 11 is 0. The second-order valence-electron chi connectivity index (χ2n) is 16.0. The number of fused-ring (bicyclic) bond motifs is 4. The van der Waals surface area contributed by atoms with Crippen molar-refractivity contribution >= 4 is 46.4 Å². The summed E-state index contributed by atoms with van der Waals surface area (Å²) in [4.78, 5) is 14.4. The van der Waals surface area contributed by atoms with E-state index in [9.17, 15) is 0 Å². The van der Waals surface area contributed by atoms with E-state index in [0.29, 0.717) is 11.6 Å². The SMILES string of the molecule is CC(C)Cc1cc(-c2[c-]cccc2)ncc1[Si](C)(C)C.Cc1ccc2c(n1)oc1c(-c3nc4ccccc4n3-c3ccc(-c4ccccc4)cc3)[c-]cc(C)c12.[Ir]. The van der Waals surface area contributed by atoms with Gasteiger partial charge in [0.15, 0.2) is 0 Å². The molecule has 5 aromatic carbocycles. The van der Waals surface area contributed by atoms with Crippen LogP contribution in [0.3, 0.4) is 0 Å². The van der Waals surface area contributed by atoms with Gasteiger partial charge in [0.25, 0.3) is 0 Å². The fourth-order valence-electron chi connectivity index (χ4n) is 7.49. The topological polar surface area (TPSA) is 56.7 Å². The second-order valence-corrected chi connectivity index (χ2v) is 21.0. The van der Waals surface area contributed by atoms with Crippen molar-refractivity contribution in [1.29, 1.82) is 0 Å². The first kappa shape index (κ1) is 39.8. The molecule has 0 aliphatic rings. The number of imidazole rings is 1. The summed E-state index contributed by atoms with van der Waals surface area (Å²) in [5.41, 5.74) is 13.2. The van der Waals surface area contributed by atoms with Crippen LogP contribution in [0.4, 0.5) is 0 Å². The molecule has 0 saturated carbocycles. The Balaban J connectivity index is 0.000000202. The summed E-state index contributed by atoms with van der Waals surface area (Å²) in [7, 11) is -1.34. The molecule has 0 N–H and O–H groups in total. The smallest absolute Gasteiger partial charge is 0.216 e. The van der Waals surface area contributed by atoms with Gasteiger partial charge >= 0.3 is 0 Å². The first-order valence-corrected chi connectivity index (χ1v) is 22.9. The Bertz CT molecular complexity index is 2800. The summed E-state index contributed by atoms with van der Waals surface area (Å²) in [6.45, 7) is 15.8. The molecule has 9 aromatic rings. The zero-order valence-corrected chi connectivity index (χ0v) is 36.9. The van der Waals surface area contributed by atoms with Crippen molar-refractivity contribution in [2.75, 3.05) is 0 Å². The molecule has 0 spiro atoms. The third-order valence-corrected chi connectivity index (χ3v) is 12.2. The minimum Gasteiger partial charge on any atom is -0.486 e. The molecule has 0 aliphatic carbocycles. The van der Waals surface area contributed by atoms with Gasteiger partial charge in [-0.1, -0.05) is 118 Å². The van der Waals surface area contributed by atoms with Crippen molar-refractivity contribution in [2.24, 2.45) is 5.92 Å². The van der Waals surface area contributed by atoms with Crippen molar-refractivity contribution in [3.8, 4) is 39.5 Å². The fraction of sp³-hybridized carbons (Fsp3) is 0.180. The van der Waals surface area contributed by atoms with E-state index in [-0.39, 0.29) is 20.1 Å². The Morgan fingerprint density at radius 3 is 2.21 bits per heavy atom. The molecule has 1 radical (unpaired) electrons. The van der Waals surface area contributed by atoms with E-state index >= 15 is 0 Å². The molecular formula is C50H46IrN4OSi-2. The number of hydrogen-bond acceptors (Lipinski definition) is 4. The second kappa shape index (κ2) is 16.6. The van der Waals surface area contributed by atoms with Crippen LogP contribution in [0.5, 0.6) is 0 Å². The van der Waals surface area contributed by atoms with Crippen molar-refractivity contribution in [3.05, 3.63) is 163 Å². The molecule has 57 heavy (non-hydrogen) atoms. The van der Waals surface area contributed by atoms with E-state index in [4.69, 9.17) is 9.40 Å². The van der Waals surface area contributed by atoms with Crippen LogP contribution in [-0.2, 0) is 26.5 Å². The number of para-hydroxylation sites is 2. The van der Waals surface area contributed by atoms with Crippen molar-refractivity contribution in [1.82, 2.24) is 19.5 Å². The van der Waals surface area contributed by atoms with E-state index in [1.165, 1.54) is 21.9 Å². The third kappa shape index (κ3) is 8.19. The number of aryl methyl sites for hydroxylation is 2. The van der Waals surface area contributed by atoms with Crippen LogP contribution < -0.4 is 5.19 Å². The predicted octanol–water partition coefficient (Wildman–Crippen LogP) is 12.4. The summed E-state index contributed by atoms with van der Waals surface area (Å²) in [6, 6.07) is 50.5. The van der Waals surface area contributed by atoms with Crippen molar-refractivity contribution in [2.45, 2.75) is 53.8 Å². The Labute approximate surface area is 350 Å². The van der Waals surface area contributed by atoms with Gasteiger partial charge < -0.3 is 14.0 Å². The third-order valence-electron chi connectivity index (χ3n) is 10.2. The van der Waals surface area contributed by atoms with Gasteiger partial charge in [-0.2, -0.15) is 0 Å². The zero-order valence-electron chi connectivity index (χ0n) is 33.5. The molecule has 0 amide bonds. The molecule has 9 rings (SSSR count). The van der Waals surface area contributed by atoms with Crippen LogP contribution in [0, 0.1) is 31.9 Å². The Hall–Kier alpha value is -5.46. The summed E-state index contributed by atoms with van der Waals surface area (Å²) in [6.07, 6.45) is 3.24. The van der Waals surface area contributed by atoms with E-state index in [2.05, 4.69) is 146 Å². The average molecular weight is 939 g/mol. The van der Waals surface area contributed by atoms with Gasteiger partial charge in [0, 0.05) is 43.1 Å². The molecular weight excluding hydrogens is 893 g/mol. The average Bonchev–Trinajstić information content (AvgIpc) is 3.78. The summed E-state index contributed by atoms with van der Waals surface area (Å²) in [5, 5.41) is 3.56. The van der Waals surface area contributed by atoms with E-state index in [0.717, 1.165) is 73.4 Å². The predicted molar refractivity (Wildman–Crippen MR) is 235 cm³/mol. The van der Waals surface area contributed by atoms with E-state index in [1.807, 2.05) is 61.5 Å². The molecule has 0 bridgehead atoms. The maximum Gasteiger partial charge on any atom is 0.216 e. The Morgan fingerprint density at radius 1 is 0.772 bits per heavy atom. The zero-order chi connectivity index (χ0) is 39.0. The largest absolute Gasteiger partial charge is 0.486 e. The molecule has 287 valence electrons. The Morgan fingerprint density at radius 2 is 1.49 bits per heavy atom. The maximum atomic E-state index is 6.37. The van der Waals surface area contributed by atoms with Crippen LogP contribution in [0.15, 0.2) is 138 Å². The molecule has 0 unspecified atom stereocenters. The van der Waals surface area contributed by atoms with Gasteiger partial charge in [0.2, 0.25) is 5.71 Å². The number of aromatic nitrogens is 4. The number of benzene rings is 5.